The van der Waals surface area contributed by atoms with Crippen molar-refractivity contribution in [1.29, 1.82) is 0 Å². The molecule has 0 atom stereocenters. The SMILES string of the molecule is COC1=C(N=[N+]=[N-])C(=O)c2nc(-c3cnc(OC)nc3)ccc2C1=O. The number of hydrogen-bond acceptors (Lipinski definition) is 8. The van der Waals surface area contributed by atoms with Crippen molar-refractivity contribution in [3.05, 3.63) is 57.7 Å². The van der Waals surface area contributed by atoms with Crippen LogP contribution in [0.3, 0.4) is 0 Å². The molecule has 2 aromatic heterocycles. The van der Waals surface area contributed by atoms with Gasteiger partial charge in [0.15, 0.2) is 5.76 Å². The zero-order chi connectivity index (χ0) is 18.0. The monoisotopic (exact) mass is 338 g/mol. The van der Waals surface area contributed by atoms with E-state index in [0.717, 1.165) is 0 Å². The lowest BCUT2D eigenvalue weighted by Gasteiger charge is -2.17. The van der Waals surface area contributed by atoms with Crippen molar-refractivity contribution in [2.24, 2.45) is 5.11 Å². The van der Waals surface area contributed by atoms with E-state index in [-0.39, 0.29) is 23.0 Å². The molecule has 124 valence electrons. The van der Waals surface area contributed by atoms with Crippen molar-refractivity contribution in [2.75, 3.05) is 14.2 Å². The fraction of sp³-hybridized carbons (Fsp3) is 0.133. The summed E-state index contributed by atoms with van der Waals surface area (Å²) in [5.74, 6) is -1.58. The Kier molecular flexibility index (Phi) is 4.11. The number of pyridine rings is 1. The molecule has 1 aliphatic rings. The van der Waals surface area contributed by atoms with Gasteiger partial charge in [-0.05, 0) is 17.7 Å². The van der Waals surface area contributed by atoms with Crippen LogP contribution in [0.1, 0.15) is 20.8 Å². The molecule has 0 spiro atoms. The Morgan fingerprint density at radius 3 is 2.40 bits per heavy atom. The molecule has 0 amide bonds. The second kappa shape index (κ2) is 6.38. The fourth-order valence-corrected chi connectivity index (χ4v) is 2.30. The summed E-state index contributed by atoms with van der Waals surface area (Å²) in [6.07, 6.45) is 2.95. The molecular weight excluding hydrogens is 328 g/mol. The highest BCUT2D eigenvalue weighted by Crippen LogP contribution is 2.28. The number of nitrogens with zero attached hydrogens (tertiary/aromatic N) is 6. The second-order valence-electron chi connectivity index (χ2n) is 4.78. The largest absolute Gasteiger partial charge is 0.492 e. The number of ketones is 2. The number of methoxy groups -OCH3 is 2. The summed E-state index contributed by atoms with van der Waals surface area (Å²) in [6, 6.07) is 3.20. The van der Waals surface area contributed by atoms with Gasteiger partial charge in [-0.15, -0.1) is 0 Å². The molecule has 2 aromatic rings. The molecule has 10 nitrogen and oxygen atoms in total. The molecule has 0 radical (unpaired) electrons. The Morgan fingerprint density at radius 2 is 1.80 bits per heavy atom. The second-order valence-corrected chi connectivity index (χ2v) is 4.78. The van der Waals surface area contributed by atoms with Crippen molar-refractivity contribution >= 4 is 11.6 Å². The number of ether oxygens (including phenoxy) is 2. The molecule has 0 aliphatic heterocycles. The van der Waals surface area contributed by atoms with Crippen LogP contribution in [-0.2, 0) is 4.74 Å². The molecule has 2 heterocycles. The first-order valence-corrected chi connectivity index (χ1v) is 6.91. The number of carbonyl (C=O) groups excluding carboxylic acids is 2. The topological polar surface area (TPSA) is 140 Å². The number of Topliss-reactive ketones (excluding diaryl/α,β-unsaturated/α-hetero) is 2. The molecule has 0 saturated heterocycles. The van der Waals surface area contributed by atoms with Crippen molar-refractivity contribution < 1.29 is 19.1 Å². The van der Waals surface area contributed by atoms with Gasteiger partial charge in [0.1, 0.15) is 11.4 Å². The molecule has 3 rings (SSSR count). The lowest BCUT2D eigenvalue weighted by Crippen LogP contribution is -2.23. The van der Waals surface area contributed by atoms with Crippen LogP contribution >= 0.6 is 0 Å². The van der Waals surface area contributed by atoms with Gasteiger partial charge in [-0.1, -0.05) is 5.11 Å². The van der Waals surface area contributed by atoms with Gasteiger partial charge in [-0.2, -0.15) is 0 Å². The Bertz CT molecular complexity index is 960. The minimum Gasteiger partial charge on any atom is -0.492 e. The number of rotatable bonds is 4. The number of fused-ring (bicyclic) bond motifs is 1. The number of aromatic nitrogens is 3. The Labute approximate surface area is 140 Å². The van der Waals surface area contributed by atoms with E-state index in [1.54, 1.807) is 6.07 Å². The smallest absolute Gasteiger partial charge is 0.316 e. The van der Waals surface area contributed by atoms with Gasteiger partial charge >= 0.3 is 6.01 Å². The summed E-state index contributed by atoms with van der Waals surface area (Å²) in [5.41, 5.74) is 9.05. The first kappa shape index (κ1) is 16.1. The zero-order valence-electron chi connectivity index (χ0n) is 13.1. The standard InChI is InChI=1S/C15H10N6O4/c1-24-14-11(20-21-16)13(23)10-8(12(14)22)3-4-9(19-10)7-5-17-15(25-2)18-6-7/h3-6H,1-2H3. The highest BCUT2D eigenvalue weighted by molar-refractivity contribution is 6.25. The molecule has 0 N–H and O–H groups in total. The van der Waals surface area contributed by atoms with E-state index in [1.807, 2.05) is 0 Å². The van der Waals surface area contributed by atoms with E-state index < -0.39 is 17.3 Å². The van der Waals surface area contributed by atoms with Crippen molar-refractivity contribution in [3.8, 4) is 17.3 Å². The Morgan fingerprint density at radius 1 is 1.08 bits per heavy atom. The lowest BCUT2D eigenvalue weighted by atomic mass is 9.95. The van der Waals surface area contributed by atoms with Crippen LogP contribution in [0.5, 0.6) is 6.01 Å². The first-order chi connectivity index (χ1) is 12.1. The summed E-state index contributed by atoms with van der Waals surface area (Å²) >= 11 is 0. The van der Waals surface area contributed by atoms with Crippen molar-refractivity contribution in [2.45, 2.75) is 0 Å². The summed E-state index contributed by atoms with van der Waals surface area (Å²) in [4.78, 5) is 39.7. The minimum absolute atomic E-state index is 0.0666. The maximum Gasteiger partial charge on any atom is 0.316 e. The fourth-order valence-electron chi connectivity index (χ4n) is 2.30. The lowest BCUT2D eigenvalue weighted by molar-refractivity contribution is 0.0902. The van der Waals surface area contributed by atoms with E-state index in [0.29, 0.717) is 11.3 Å². The molecule has 0 unspecified atom stereocenters. The van der Waals surface area contributed by atoms with E-state index in [9.17, 15) is 9.59 Å². The van der Waals surface area contributed by atoms with Crippen LogP contribution in [0.2, 0.25) is 0 Å². The maximum absolute atomic E-state index is 12.5. The molecule has 0 bridgehead atoms. The Balaban J connectivity index is 2.12. The van der Waals surface area contributed by atoms with Gasteiger partial charge in [-0.3, -0.25) is 9.59 Å². The highest BCUT2D eigenvalue weighted by Gasteiger charge is 2.34. The summed E-state index contributed by atoms with van der Waals surface area (Å²) < 4.78 is 9.80. The molecule has 0 fully saturated rings. The third kappa shape index (κ3) is 2.66. The van der Waals surface area contributed by atoms with Crippen LogP contribution in [0.25, 0.3) is 21.7 Å². The van der Waals surface area contributed by atoms with Crippen molar-refractivity contribution in [1.82, 2.24) is 15.0 Å². The first-order valence-electron chi connectivity index (χ1n) is 6.91. The van der Waals surface area contributed by atoms with Crippen LogP contribution in [0.4, 0.5) is 0 Å². The average Bonchev–Trinajstić information content (AvgIpc) is 2.66. The van der Waals surface area contributed by atoms with E-state index >= 15 is 0 Å². The van der Waals surface area contributed by atoms with Gasteiger partial charge in [-0.25, -0.2) is 15.0 Å². The molecule has 10 heteroatoms. The maximum atomic E-state index is 12.5. The van der Waals surface area contributed by atoms with Gasteiger partial charge in [0.25, 0.3) is 0 Å². The number of hydrogen-bond donors (Lipinski definition) is 0. The van der Waals surface area contributed by atoms with E-state index in [4.69, 9.17) is 15.0 Å². The predicted molar refractivity (Wildman–Crippen MR) is 83.7 cm³/mol. The third-order valence-electron chi connectivity index (χ3n) is 3.45. The van der Waals surface area contributed by atoms with Gasteiger partial charge in [0.05, 0.1) is 25.5 Å². The molecular formula is C15H10N6O4. The normalized spacial score (nSPS) is 13.2. The van der Waals surface area contributed by atoms with Crippen LogP contribution in [0.15, 0.2) is 41.1 Å². The van der Waals surface area contributed by atoms with Crippen LogP contribution < -0.4 is 4.74 Å². The van der Waals surface area contributed by atoms with E-state index in [1.165, 1.54) is 32.7 Å². The van der Waals surface area contributed by atoms with E-state index in [2.05, 4.69) is 25.0 Å². The molecule has 0 saturated carbocycles. The minimum atomic E-state index is -0.694. The molecule has 25 heavy (non-hydrogen) atoms. The zero-order valence-corrected chi connectivity index (χ0v) is 13.1. The summed E-state index contributed by atoms with van der Waals surface area (Å²) in [5, 5.41) is 3.27. The quantitative estimate of drug-likeness (QED) is 0.472. The predicted octanol–water partition coefficient (Wildman–Crippen LogP) is 2.09. The highest BCUT2D eigenvalue weighted by atomic mass is 16.5. The van der Waals surface area contributed by atoms with Crippen molar-refractivity contribution in [3.63, 3.8) is 0 Å². The third-order valence-corrected chi connectivity index (χ3v) is 3.45. The van der Waals surface area contributed by atoms with Gasteiger partial charge in [0, 0.05) is 22.9 Å². The summed E-state index contributed by atoms with van der Waals surface area (Å²) in [7, 11) is 2.66. The van der Waals surface area contributed by atoms with Gasteiger partial charge in [0.2, 0.25) is 11.6 Å². The molecule has 0 aromatic carbocycles. The number of carbonyl (C=O) groups is 2. The Hall–Kier alpha value is -3.78. The average molecular weight is 338 g/mol. The number of allylic oxidation sites excluding steroid dienone is 2. The number of azide groups is 1. The van der Waals surface area contributed by atoms with Crippen LogP contribution in [0, 0.1) is 0 Å². The van der Waals surface area contributed by atoms with Gasteiger partial charge < -0.3 is 9.47 Å². The van der Waals surface area contributed by atoms with Crippen LogP contribution in [-0.4, -0.2) is 40.7 Å². The summed E-state index contributed by atoms with van der Waals surface area (Å²) in [6.45, 7) is 0. The molecule has 1 aliphatic carbocycles.